The highest BCUT2D eigenvalue weighted by atomic mass is 127. The number of halogens is 1. The van der Waals surface area contributed by atoms with Crippen molar-refractivity contribution < 1.29 is 9.47 Å². The lowest BCUT2D eigenvalue weighted by Crippen LogP contribution is -2.37. The van der Waals surface area contributed by atoms with Crippen molar-refractivity contribution in [2.24, 2.45) is 12.0 Å². The van der Waals surface area contributed by atoms with E-state index < -0.39 is 0 Å². The number of ether oxygens (including phenoxy) is 2. The lowest BCUT2D eigenvalue weighted by atomic mass is 10.1. The molecule has 0 bridgehead atoms. The third kappa shape index (κ3) is 5.52. The molecule has 1 unspecified atom stereocenters. The molecule has 7 nitrogen and oxygen atoms in total. The van der Waals surface area contributed by atoms with Gasteiger partial charge in [0.05, 0.1) is 25.4 Å². The van der Waals surface area contributed by atoms with Crippen LogP contribution in [0.5, 0.6) is 11.5 Å². The van der Waals surface area contributed by atoms with Gasteiger partial charge in [-0.25, -0.2) is 4.99 Å². The Morgan fingerprint density at radius 3 is 2.86 bits per heavy atom. The molecule has 0 radical (unpaired) electrons. The highest BCUT2D eigenvalue weighted by molar-refractivity contribution is 14.0. The molecular weight excluding hydrogens is 469 g/mol. The molecule has 0 aliphatic carbocycles. The highest BCUT2D eigenvalue weighted by Gasteiger charge is 2.21. The van der Waals surface area contributed by atoms with Crippen LogP contribution in [0.25, 0.3) is 0 Å². The number of aryl methyl sites for hydroxylation is 1. The molecule has 2 aromatic rings. The second kappa shape index (κ2) is 10.5. The number of aliphatic imine (C=N–C) groups is 1. The number of benzene rings is 1. The first kappa shape index (κ1) is 22.3. The first-order valence-corrected chi connectivity index (χ1v) is 9.55. The fourth-order valence-electron chi connectivity index (χ4n) is 3.15. The average molecular weight is 499 g/mol. The fraction of sp³-hybridized carbons (Fsp3) is 0.500. The topological polar surface area (TPSA) is 72.7 Å². The summed E-state index contributed by atoms with van der Waals surface area (Å²) in [6.45, 7) is 8.73. The van der Waals surface area contributed by atoms with E-state index in [0.29, 0.717) is 19.7 Å². The van der Waals surface area contributed by atoms with Crippen LogP contribution in [0.2, 0.25) is 0 Å². The number of rotatable bonds is 7. The van der Waals surface area contributed by atoms with Crippen LogP contribution in [0.15, 0.2) is 29.4 Å². The van der Waals surface area contributed by atoms with Crippen molar-refractivity contribution >= 4 is 29.9 Å². The minimum atomic E-state index is 0. The molecule has 0 saturated heterocycles. The molecular formula is C20H30IN5O2. The van der Waals surface area contributed by atoms with E-state index in [1.807, 2.05) is 24.7 Å². The summed E-state index contributed by atoms with van der Waals surface area (Å²) in [6.07, 6.45) is 2.93. The van der Waals surface area contributed by atoms with Crippen LogP contribution >= 0.6 is 24.0 Å². The Labute approximate surface area is 183 Å². The van der Waals surface area contributed by atoms with Crippen LogP contribution in [0.1, 0.15) is 37.6 Å². The smallest absolute Gasteiger partial charge is 0.191 e. The summed E-state index contributed by atoms with van der Waals surface area (Å²) in [4.78, 5) is 4.73. The molecule has 28 heavy (non-hydrogen) atoms. The number of guanidine groups is 1. The Morgan fingerprint density at radius 1 is 1.36 bits per heavy atom. The molecule has 2 heterocycles. The van der Waals surface area contributed by atoms with Gasteiger partial charge in [-0.05, 0) is 39.0 Å². The normalized spacial score (nSPS) is 15.4. The Morgan fingerprint density at radius 2 is 2.18 bits per heavy atom. The predicted octanol–water partition coefficient (Wildman–Crippen LogP) is 3.02. The molecule has 0 fully saturated rings. The quantitative estimate of drug-likeness (QED) is 0.348. The SMILES string of the molecule is CCNC(=NCc1cc2c(cc1OCC)CC(C)O2)NCc1ccnn1C.I. The second-order valence-electron chi connectivity index (χ2n) is 6.63. The van der Waals surface area contributed by atoms with E-state index in [2.05, 4.69) is 41.7 Å². The standard InChI is InChI=1S/C20H29N5O2.HI/c1-5-21-20(23-13-17-7-8-24-25(17)4)22-12-16-11-19-15(9-14(3)27-19)10-18(16)26-6-2;/h7-8,10-11,14H,5-6,9,12-13H2,1-4H3,(H2,21,22,23);1H. The number of nitrogens with one attached hydrogen (secondary N) is 2. The van der Waals surface area contributed by atoms with Gasteiger partial charge < -0.3 is 20.1 Å². The summed E-state index contributed by atoms with van der Waals surface area (Å²) < 4.78 is 13.6. The molecule has 0 spiro atoms. The van der Waals surface area contributed by atoms with Gasteiger partial charge in [0.15, 0.2) is 5.96 Å². The van der Waals surface area contributed by atoms with Crippen LogP contribution in [-0.2, 0) is 26.6 Å². The molecule has 1 atom stereocenters. The Hall–Kier alpha value is -1.97. The Balaban J connectivity index is 0.00000280. The molecule has 154 valence electrons. The fourth-order valence-corrected chi connectivity index (χ4v) is 3.15. The van der Waals surface area contributed by atoms with Gasteiger partial charge in [-0.3, -0.25) is 4.68 Å². The van der Waals surface area contributed by atoms with E-state index in [4.69, 9.17) is 14.5 Å². The van der Waals surface area contributed by atoms with E-state index in [1.165, 1.54) is 5.56 Å². The third-order valence-corrected chi connectivity index (χ3v) is 4.49. The van der Waals surface area contributed by atoms with E-state index >= 15 is 0 Å². The maximum atomic E-state index is 5.90. The predicted molar refractivity (Wildman–Crippen MR) is 122 cm³/mol. The maximum Gasteiger partial charge on any atom is 0.191 e. The monoisotopic (exact) mass is 499 g/mol. The number of hydrogen-bond donors (Lipinski definition) is 2. The number of nitrogens with zero attached hydrogens (tertiary/aromatic N) is 3. The lowest BCUT2D eigenvalue weighted by molar-refractivity contribution is 0.254. The van der Waals surface area contributed by atoms with E-state index in [-0.39, 0.29) is 30.1 Å². The van der Waals surface area contributed by atoms with Crippen molar-refractivity contribution in [3.05, 3.63) is 41.2 Å². The zero-order chi connectivity index (χ0) is 19.2. The molecule has 1 aliphatic rings. The average Bonchev–Trinajstić information content (AvgIpc) is 3.21. The minimum absolute atomic E-state index is 0. The molecule has 0 saturated carbocycles. The minimum Gasteiger partial charge on any atom is -0.494 e. The van der Waals surface area contributed by atoms with Gasteiger partial charge >= 0.3 is 0 Å². The van der Waals surface area contributed by atoms with Crippen LogP contribution < -0.4 is 20.1 Å². The van der Waals surface area contributed by atoms with Gasteiger partial charge in [-0.2, -0.15) is 5.10 Å². The number of hydrogen-bond acceptors (Lipinski definition) is 4. The van der Waals surface area contributed by atoms with Crippen molar-refractivity contribution in [1.82, 2.24) is 20.4 Å². The van der Waals surface area contributed by atoms with Crippen molar-refractivity contribution in [3.8, 4) is 11.5 Å². The zero-order valence-corrected chi connectivity index (χ0v) is 19.3. The van der Waals surface area contributed by atoms with Crippen LogP contribution in [0, 0.1) is 0 Å². The molecule has 0 amide bonds. The Bertz CT molecular complexity index is 806. The van der Waals surface area contributed by atoms with Gasteiger partial charge in [0.2, 0.25) is 0 Å². The second-order valence-corrected chi connectivity index (χ2v) is 6.63. The molecule has 1 aromatic carbocycles. The highest BCUT2D eigenvalue weighted by Crippen LogP contribution is 2.35. The lowest BCUT2D eigenvalue weighted by Gasteiger charge is -2.14. The summed E-state index contributed by atoms with van der Waals surface area (Å²) >= 11 is 0. The summed E-state index contributed by atoms with van der Waals surface area (Å²) in [7, 11) is 1.93. The van der Waals surface area contributed by atoms with Crippen molar-refractivity contribution in [1.29, 1.82) is 0 Å². The van der Waals surface area contributed by atoms with Crippen LogP contribution in [0.3, 0.4) is 0 Å². The van der Waals surface area contributed by atoms with Crippen molar-refractivity contribution in [2.75, 3.05) is 13.2 Å². The van der Waals surface area contributed by atoms with Gasteiger partial charge in [-0.15, -0.1) is 24.0 Å². The first-order chi connectivity index (χ1) is 13.1. The van der Waals surface area contributed by atoms with Crippen LogP contribution in [-0.4, -0.2) is 35.0 Å². The van der Waals surface area contributed by atoms with E-state index in [9.17, 15) is 0 Å². The van der Waals surface area contributed by atoms with Gasteiger partial charge in [0.25, 0.3) is 0 Å². The van der Waals surface area contributed by atoms with Crippen molar-refractivity contribution in [3.63, 3.8) is 0 Å². The van der Waals surface area contributed by atoms with Crippen molar-refractivity contribution in [2.45, 2.75) is 46.4 Å². The summed E-state index contributed by atoms with van der Waals surface area (Å²) in [6, 6.07) is 6.16. The first-order valence-electron chi connectivity index (χ1n) is 9.55. The van der Waals surface area contributed by atoms with Gasteiger partial charge in [0.1, 0.15) is 17.6 Å². The maximum absolute atomic E-state index is 5.90. The third-order valence-electron chi connectivity index (χ3n) is 4.49. The van der Waals surface area contributed by atoms with E-state index in [0.717, 1.165) is 41.7 Å². The summed E-state index contributed by atoms with van der Waals surface area (Å²) in [5.74, 6) is 2.60. The molecule has 3 rings (SSSR count). The molecule has 2 N–H and O–H groups in total. The number of aromatic nitrogens is 2. The van der Waals surface area contributed by atoms with Gasteiger partial charge in [0, 0.05) is 37.3 Å². The molecule has 8 heteroatoms. The molecule has 1 aliphatic heterocycles. The zero-order valence-electron chi connectivity index (χ0n) is 17.0. The van der Waals surface area contributed by atoms with Crippen LogP contribution in [0.4, 0.5) is 0 Å². The van der Waals surface area contributed by atoms with Gasteiger partial charge in [-0.1, -0.05) is 0 Å². The summed E-state index contributed by atoms with van der Waals surface area (Å²) in [5, 5.41) is 10.8. The molecule has 1 aromatic heterocycles. The van der Waals surface area contributed by atoms with E-state index in [1.54, 1.807) is 6.20 Å². The Kier molecular flexibility index (Phi) is 8.40. The largest absolute Gasteiger partial charge is 0.494 e. The summed E-state index contributed by atoms with van der Waals surface area (Å²) in [5.41, 5.74) is 3.33. The number of fused-ring (bicyclic) bond motifs is 1.